The molecule has 7 nitrogen and oxygen atoms in total. The Balaban J connectivity index is 1.67. The van der Waals surface area contributed by atoms with Crippen molar-refractivity contribution in [2.45, 2.75) is 25.8 Å². The molecule has 28 heavy (non-hydrogen) atoms. The molecule has 0 aliphatic heterocycles. The van der Waals surface area contributed by atoms with Crippen LogP contribution in [0.5, 0.6) is 0 Å². The number of nitrogens with two attached hydrogens (primary N) is 1. The predicted octanol–water partition coefficient (Wildman–Crippen LogP) is 3.86. The van der Waals surface area contributed by atoms with E-state index in [0.29, 0.717) is 28.5 Å². The summed E-state index contributed by atoms with van der Waals surface area (Å²) in [5.74, 6) is 0.758. The summed E-state index contributed by atoms with van der Waals surface area (Å²) in [4.78, 5) is 13.1. The number of hydrogen-bond donors (Lipinski definition) is 2. The summed E-state index contributed by atoms with van der Waals surface area (Å²) < 4.78 is 14.9. The van der Waals surface area contributed by atoms with Gasteiger partial charge in [-0.1, -0.05) is 25.5 Å². The highest BCUT2D eigenvalue weighted by Crippen LogP contribution is 2.30. The van der Waals surface area contributed by atoms with E-state index in [9.17, 15) is 4.39 Å². The summed E-state index contributed by atoms with van der Waals surface area (Å²) in [7, 11) is 0. The van der Waals surface area contributed by atoms with Crippen LogP contribution in [-0.4, -0.2) is 24.6 Å². The van der Waals surface area contributed by atoms with Gasteiger partial charge in [0.2, 0.25) is 0 Å². The van der Waals surface area contributed by atoms with Crippen LogP contribution in [-0.2, 0) is 0 Å². The van der Waals surface area contributed by atoms with Crippen LogP contribution in [0.3, 0.4) is 0 Å². The average Bonchev–Trinajstić information content (AvgIpc) is 3.04. The molecule has 0 saturated carbocycles. The molecular weight excluding hydrogens is 357 g/mol. The lowest BCUT2D eigenvalue weighted by molar-refractivity contribution is 0.623. The van der Waals surface area contributed by atoms with Crippen LogP contribution in [0.4, 0.5) is 16.0 Å². The third-order valence-electron chi connectivity index (χ3n) is 4.52. The fraction of sp³-hybridized carbons (Fsp3) is 0.200. The van der Waals surface area contributed by atoms with Crippen LogP contribution in [0.15, 0.2) is 55.1 Å². The Labute approximate surface area is 161 Å². The standard InChI is InChI=1S/C20H20FN7/c1-2-4-15(13-5-7-14(21)8-6-13)26-17-11-16(24-12-25-17)18-19(22)27-28-10-3-9-23-20(18)28/h3,5-12,15H,2,4H2,1H3,(H2,22,27)(H,24,25,26)/t15-/m0/s1. The van der Waals surface area contributed by atoms with Crippen LogP contribution in [0.1, 0.15) is 31.4 Å². The first-order valence-electron chi connectivity index (χ1n) is 9.09. The third-order valence-corrected chi connectivity index (χ3v) is 4.52. The van der Waals surface area contributed by atoms with Gasteiger partial charge < -0.3 is 11.1 Å². The fourth-order valence-corrected chi connectivity index (χ4v) is 3.21. The molecule has 0 radical (unpaired) electrons. The van der Waals surface area contributed by atoms with E-state index in [2.05, 4.69) is 32.3 Å². The number of fused-ring (bicyclic) bond motifs is 1. The molecule has 0 amide bonds. The predicted molar refractivity (Wildman–Crippen MR) is 106 cm³/mol. The lowest BCUT2D eigenvalue weighted by Gasteiger charge is -2.19. The molecule has 0 spiro atoms. The van der Waals surface area contributed by atoms with E-state index in [0.717, 1.165) is 18.4 Å². The van der Waals surface area contributed by atoms with Gasteiger partial charge >= 0.3 is 0 Å². The van der Waals surface area contributed by atoms with Gasteiger partial charge in [0, 0.05) is 18.5 Å². The SMILES string of the molecule is CCC[C@H](Nc1cc(-c2c(N)nn3cccnc23)ncn1)c1ccc(F)cc1. The van der Waals surface area contributed by atoms with Crippen LogP contribution in [0.25, 0.3) is 16.9 Å². The summed E-state index contributed by atoms with van der Waals surface area (Å²) in [6.45, 7) is 2.11. The van der Waals surface area contributed by atoms with Crippen LogP contribution >= 0.6 is 0 Å². The zero-order valence-corrected chi connectivity index (χ0v) is 15.4. The maximum absolute atomic E-state index is 13.3. The number of aromatic nitrogens is 5. The van der Waals surface area contributed by atoms with Gasteiger partial charge in [0.25, 0.3) is 0 Å². The second kappa shape index (κ2) is 7.59. The molecule has 3 heterocycles. The molecule has 3 N–H and O–H groups in total. The Morgan fingerprint density at radius 1 is 1.18 bits per heavy atom. The van der Waals surface area contributed by atoms with Crippen molar-refractivity contribution in [3.63, 3.8) is 0 Å². The lowest BCUT2D eigenvalue weighted by atomic mass is 10.0. The molecule has 0 saturated heterocycles. The maximum atomic E-state index is 13.3. The van der Waals surface area contributed by atoms with Gasteiger partial charge in [0.05, 0.1) is 17.3 Å². The molecule has 142 valence electrons. The number of benzene rings is 1. The van der Waals surface area contributed by atoms with Gasteiger partial charge in [0.15, 0.2) is 11.5 Å². The van der Waals surface area contributed by atoms with Crippen LogP contribution in [0, 0.1) is 5.82 Å². The zero-order chi connectivity index (χ0) is 19.5. The monoisotopic (exact) mass is 377 g/mol. The number of rotatable bonds is 6. The molecule has 0 aliphatic rings. The lowest BCUT2D eigenvalue weighted by Crippen LogP contribution is -2.12. The number of nitrogens with zero attached hydrogens (tertiary/aromatic N) is 5. The van der Waals surface area contributed by atoms with E-state index in [-0.39, 0.29) is 11.9 Å². The fourth-order valence-electron chi connectivity index (χ4n) is 3.21. The zero-order valence-electron chi connectivity index (χ0n) is 15.4. The quantitative estimate of drug-likeness (QED) is 0.530. The van der Waals surface area contributed by atoms with Crippen molar-refractivity contribution in [2.24, 2.45) is 0 Å². The largest absolute Gasteiger partial charge is 0.382 e. The van der Waals surface area contributed by atoms with E-state index < -0.39 is 0 Å². The van der Waals surface area contributed by atoms with Crippen molar-refractivity contribution in [2.75, 3.05) is 11.1 Å². The second-order valence-electron chi connectivity index (χ2n) is 6.47. The second-order valence-corrected chi connectivity index (χ2v) is 6.47. The van der Waals surface area contributed by atoms with Crippen LogP contribution in [0.2, 0.25) is 0 Å². The number of halogens is 1. The number of nitrogens with one attached hydrogen (secondary N) is 1. The minimum atomic E-state index is -0.251. The molecule has 0 bridgehead atoms. The molecule has 0 fully saturated rings. The van der Waals surface area contributed by atoms with Gasteiger partial charge in [-0.25, -0.2) is 23.9 Å². The normalized spacial score (nSPS) is 12.2. The summed E-state index contributed by atoms with van der Waals surface area (Å²) >= 11 is 0. The van der Waals surface area contributed by atoms with Crippen molar-refractivity contribution in [3.05, 3.63) is 66.5 Å². The minimum absolute atomic E-state index is 0.00716. The molecule has 3 aromatic heterocycles. The van der Waals surface area contributed by atoms with Crippen molar-refractivity contribution in [3.8, 4) is 11.3 Å². The van der Waals surface area contributed by atoms with E-state index in [1.54, 1.807) is 35.1 Å². The molecule has 1 aromatic carbocycles. The Hall–Kier alpha value is -3.55. The third kappa shape index (κ3) is 3.48. The van der Waals surface area contributed by atoms with Crippen molar-refractivity contribution < 1.29 is 4.39 Å². The number of anilines is 2. The highest BCUT2D eigenvalue weighted by molar-refractivity contribution is 5.84. The number of nitrogen functional groups attached to an aromatic ring is 1. The van der Waals surface area contributed by atoms with Gasteiger partial charge in [-0.15, -0.1) is 5.10 Å². The molecule has 8 heteroatoms. The number of hydrogen-bond acceptors (Lipinski definition) is 6. The van der Waals surface area contributed by atoms with Crippen molar-refractivity contribution in [1.29, 1.82) is 0 Å². The van der Waals surface area contributed by atoms with Gasteiger partial charge in [0.1, 0.15) is 18.0 Å². The highest BCUT2D eigenvalue weighted by atomic mass is 19.1. The van der Waals surface area contributed by atoms with E-state index in [1.165, 1.54) is 18.5 Å². The molecule has 4 aromatic rings. The first-order valence-corrected chi connectivity index (χ1v) is 9.09. The Morgan fingerprint density at radius 2 is 2.00 bits per heavy atom. The first kappa shape index (κ1) is 17.8. The average molecular weight is 377 g/mol. The van der Waals surface area contributed by atoms with E-state index in [4.69, 9.17) is 5.73 Å². The van der Waals surface area contributed by atoms with E-state index in [1.807, 2.05) is 6.07 Å². The Bertz CT molecular complexity index is 1090. The minimum Gasteiger partial charge on any atom is -0.382 e. The molecular formula is C20H20FN7. The smallest absolute Gasteiger partial charge is 0.166 e. The highest BCUT2D eigenvalue weighted by Gasteiger charge is 2.17. The topological polar surface area (TPSA) is 94.0 Å². The molecule has 0 unspecified atom stereocenters. The maximum Gasteiger partial charge on any atom is 0.166 e. The van der Waals surface area contributed by atoms with Crippen LogP contribution < -0.4 is 11.1 Å². The molecule has 1 atom stereocenters. The summed E-state index contributed by atoms with van der Waals surface area (Å²) in [6.07, 6.45) is 6.81. The van der Waals surface area contributed by atoms with Gasteiger partial charge in [-0.05, 0) is 30.2 Å². The van der Waals surface area contributed by atoms with Gasteiger partial charge in [-0.3, -0.25) is 0 Å². The Morgan fingerprint density at radius 3 is 2.79 bits per heavy atom. The molecule has 4 rings (SSSR count). The van der Waals surface area contributed by atoms with E-state index >= 15 is 0 Å². The Kier molecular flexibility index (Phi) is 4.84. The van der Waals surface area contributed by atoms with Gasteiger partial charge in [-0.2, -0.15) is 0 Å². The van der Waals surface area contributed by atoms with Crippen molar-refractivity contribution >= 4 is 17.3 Å². The molecule has 0 aliphatic carbocycles. The van der Waals surface area contributed by atoms with Crippen molar-refractivity contribution in [1.82, 2.24) is 24.6 Å². The summed E-state index contributed by atoms with van der Waals surface area (Å²) in [5, 5.41) is 7.70. The summed E-state index contributed by atoms with van der Waals surface area (Å²) in [6, 6.07) is 10.1. The summed E-state index contributed by atoms with van der Waals surface area (Å²) in [5.41, 5.74) is 9.04. The first-order chi connectivity index (χ1) is 13.7.